The van der Waals surface area contributed by atoms with Crippen LogP contribution >= 0.6 is 0 Å². The van der Waals surface area contributed by atoms with Crippen molar-refractivity contribution in [2.24, 2.45) is 0 Å². The van der Waals surface area contributed by atoms with Gasteiger partial charge in [-0.2, -0.15) is 0 Å². The second-order valence-electron chi connectivity index (χ2n) is 3.40. The van der Waals surface area contributed by atoms with E-state index in [1.54, 1.807) is 19.0 Å². The van der Waals surface area contributed by atoms with Crippen LogP contribution in [-0.2, 0) is 6.54 Å². The molecule has 0 saturated heterocycles. The van der Waals surface area contributed by atoms with Crippen LogP contribution in [0.3, 0.4) is 0 Å². The zero-order valence-electron chi connectivity index (χ0n) is 8.87. The predicted octanol–water partition coefficient (Wildman–Crippen LogP) is 1.77. The minimum absolute atomic E-state index is 0.0643. The number of benzene rings is 1. The van der Waals surface area contributed by atoms with Crippen molar-refractivity contribution < 1.29 is 4.79 Å². The van der Waals surface area contributed by atoms with E-state index in [1.165, 1.54) is 5.56 Å². The topological polar surface area (TPSA) is 32.3 Å². The average molecular weight is 192 g/mol. The summed E-state index contributed by atoms with van der Waals surface area (Å²) in [5, 5.41) is 2.58. The lowest BCUT2D eigenvalue weighted by Gasteiger charge is -2.16. The zero-order valence-corrected chi connectivity index (χ0v) is 8.87. The minimum atomic E-state index is -0.0643. The summed E-state index contributed by atoms with van der Waals surface area (Å²) in [6.45, 7) is 2.69. The van der Waals surface area contributed by atoms with Crippen LogP contribution in [0.5, 0.6) is 0 Å². The molecule has 1 aromatic carbocycles. The fraction of sp³-hybridized carbons (Fsp3) is 0.364. The van der Waals surface area contributed by atoms with Crippen LogP contribution in [0.15, 0.2) is 24.3 Å². The molecule has 0 atom stereocenters. The lowest BCUT2D eigenvalue weighted by Crippen LogP contribution is -2.34. The van der Waals surface area contributed by atoms with Crippen molar-refractivity contribution in [2.45, 2.75) is 13.5 Å². The molecule has 2 amide bonds. The Hall–Kier alpha value is -1.51. The predicted molar refractivity (Wildman–Crippen MR) is 57.1 cm³/mol. The molecule has 1 aromatic rings. The minimum Gasteiger partial charge on any atom is -0.341 e. The van der Waals surface area contributed by atoms with Gasteiger partial charge in [-0.3, -0.25) is 0 Å². The monoisotopic (exact) mass is 192 g/mol. The molecule has 3 nitrogen and oxygen atoms in total. The summed E-state index contributed by atoms with van der Waals surface area (Å²) in [6.07, 6.45) is 0. The van der Waals surface area contributed by atoms with Gasteiger partial charge in [0.15, 0.2) is 0 Å². The second-order valence-corrected chi connectivity index (χ2v) is 3.40. The van der Waals surface area contributed by atoms with Crippen molar-refractivity contribution >= 4 is 6.03 Å². The molecule has 1 N–H and O–H groups in total. The molecule has 0 bridgehead atoms. The first kappa shape index (κ1) is 10.6. The normalized spacial score (nSPS) is 9.64. The van der Waals surface area contributed by atoms with Crippen LogP contribution in [0, 0.1) is 6.92 Å². The zero-order chi connectivity index (χ0) is 10.6. The Morgan fingerprint density at radius 1 is 1.36 bits per heavy atom. The molecule has 0 spiro atoms. The molecule has 0 radical (unpaired) electrons. The van der Waals surface area contributed by atoms with Crippen molar-refractivity contribution in [1.82, 2.24) is 10.2 Å². The molecule has 0 aromatic heterocycles. The van der Waals surface area contributed by atoms with Gasteiger partial charge in [-0.1, -0.05) is 29.8 Å². The number of carbonyl (C=O) groups is 1. The van der Waals surface area contributed by atoms with Gasteiger partial charge in [-0.25, -0.2) is 4.79 Å². The molecule has 76 valence electrons. The standard InChI is InChI=1S/C11H16N2O/c1-9-4-6-10(7-5-9)8-13(3)11(14)12-2/h4-7H,8H2,1-3H3,(H,12,14). The summed E-state index contributed by atoms with van der Waals surface area (Å²) in [4.78, 5) is 12.8. The number of amides is 2. The summed E-state index contributed by atoms with van der Waals surface area (Å²) < 4.78 is 0. The maximum Gasteiger partial charge on any atom is 0.317 e. The summed E-state index contributed by atoms with van der Waals surface area (Å²) >= 11 is 0. The lowest BCUT2D eigenvalue weighted by molar-refractivity contribution is 0.209. The molecule has 14 heavy (non-hydrogen) atoms. The largest absolute Gasteiger partial charge is 0.341 e. The fourth-order valence-corrected chi connectivity index (χ4v) is 1.23. The van der Waals surface area contributed by atoms with Gasteiger partial charge >= 0.3 is 6.03 Å². The van der Waals surface area contributed by atoms with E-state index in [9.17, 15) is 4.79 Å². The molecule has 0 saturated carbocycles. The smallest absolute Gasteiger partial charge is 0.317 e. The highest BCUT2D eigenvalue weighted by Crippen LogP contribution is 2.05. The van der Waals surface area contributed by atoms with E-state index >= 15 is 0 Å². The summed E-state index contributed by atoms with van der Waals surface area (Å²) in [5.41, 5.74) is 2.37. The van der Waals surface area contributed by atoms with Crippen molar-refractivity contribution in [2.75, 3.05) is 14.1 Å². The van der Waals surface area contributed by atoms with E-state index in [-0.39, 0.29) is 6.03 Å². The Morgan fingerprint density at radius 3 is 2.43 bits per heavy atom. The van der Waals surface area contributed by atoms with Gasteiger partial charge in [0.05, 0.1) is 0 Å². The van der Waals surface area contributed by atoms with Crippen LogP contribution < -0.4 is 5.32 Å². The number of hydrogen-bond acceptors (Lipinski definition) is 1. The summed E-state index contributed by atoms with van der Waals surface area (Å²) in [7, 11) is 3.41. The number of hydrogen-bond donors (Lipinski definition) is 1. The van der Waals surface area contributed by atoms with Crippen LogP contribution in [0.25, 0.3) is 0 Å². The quantitative estimate of drug-likeness (QED) is 0.761. The SMILES string of the molecule is CNC(=O)N(C)Cc1ccc(C)cc1. The Bertz CT molecular complexity index is 306. The number of nitrogens with zero attached hydrogens (tertiary/aromatic N) is 1. The highest BCUT2D eigenvalue weighted by atomic mass is 16.2. The van der Waals surface area contributed by atoms with Gasteiger partial charge in [0, 0.05) is 20.6 Å². The third-order valence-electron chi connectivity index (χ3n) is 2.10. The average Bonchev–Trinajstić information content (AvgIpc) is 2.20. The fourth-order valence-electron chi connectivity index (χ4n) is 1.23. The Balaban J connectivity index is 2.60. The molecule has 0 heterocycles. The van der Waals surface area contributed by atoms with E-state index in [1.807, 2.05) is 31.2 Å². The third kappa shape index (κ3) is 2.76. The van der Waals surface area contributed by atoms with E-state index < -0.39 is 0 Å². The molecular weight excluding hydrogens is 176 g/mol. The number of rotatable bonds is 2. The van der Waals surface area contributed by atoms with E-state index in [4.69, 9.17) is 0 Å². The lowest BCUT2D eigenvalue weighted by atomic mass is 10.1. The van der Waals surface area contributed by atoms with Gasteiger partial charge in [0.2, 0.25) is 0 Å². The Morgan fingerprint density at radius 2 is 1.93 bits per heavy atom. The number of aryl methyl sites for hydroxylation is 1. The first-order valence-corrected chi connectivity index (χ1v) is 4.62. The molecule has 0 aliphatic carbocycles. The molecule has 0 fully saturated rings. The molecular formula is C11H16N2O. The molecule has 3 heteroatoms. The van der Waals surface area contributed by atoms with Crippen LogP contribution in [-0.4, -0.2) is 25.0 Å². The maximum atomic E-state index is 11.2. The highest BCUT2D eigenvalue weighted by molar-refractivity contribution is 5.73. The van der Waals surface area contributed by atoms with E-state index in [0.29, 0.717) is 6.54 Å². The van der Waals surface area contributed by atoms with Crippen LogP contribution in [0.1, 0.15) is 11.1 Å². The van der Waals surface area contributed by atoms with Gasteiger partial charge in [0.25, 0.3) is 0 Å². The van der Waals surface area contributed by atoms with Gasteiger partial charge in [-0.15, -0.1) is 0 Å². The third-order valence-corrected chi connectivity index (χ3v) is 2.10. The first-order valence-electron chi connectivity index (χ1n) is 4.62. The maximum absolute atomic E-state index is 11.2. The van der Waals surface area contributed by atoms with Crippen molar-refractivity contribution in [3.8, 4) is 0 Å². The van der Waals surface area contributed by atoms with Gasteiger partial charge in [0.1, 0.15) is 0 Å². The molecule has 0 aliphatic rings. The van der Waals surface area contributed by atoms with E-state index in [0.717, 1.165) is 5.56 Å². The Labute approximate surface area is 84.7 Å². The van der Waals surface area contributed by atoms with Crippen molar-refractivity contribution in [1.29, 1.82) is 0 Å². The van der Waals surface area contributed by atoms with E-state index in [2.05, 4.69) is 5.32 Å². The molecule has 0 aliphatic heterocycles. The van der Waals surface area contributed by atoms with Crippen LogP contribution in [0.4, 0.5) is 4.79 Å². The highest BCUT2D eigenvalue weighted by Gasteiger charge is 2.05. The Kier molecular flexibility index (Phi) is 3.51. The summed E-state index contributed by atoms with van der Waals surface area (Å²) in [6, 6.07) is 8.11. The number of carbonyl (C=O) groups excluding carboxylic acids is 1. The molecule has 1 rings (SSSR count). The van der Waals surface area contributed by atoms with Crippen LogP contribution in [0.2, 0.25) is 0 Å². The van der Waals surface area contributed by atoms with Crippen molar-refractivity contribution in [3.05, 3.63) is 35.4 Å². The van der Waals surface area contributed by atoms with Gasteiger partial charge in [-0.05, 0) is 12.5 Å². The van der Waals surface area contributed by atoms with Gasteiger partial charge < -0.3 is 10.2 Å². The first-order chi connectivity index (χ1) is 6.63. The second kappa shape index (κ2) is 4.65. The van der Waals surface area contributed by atoms with Crippen molar-refractivity contribution in [3.63, 3.8) is 0 Å². The molecule has 0 unspecified atom stereocenters. The number of nitrogens with one attached hydrogen (secondary N) is 1. The summed E-state index contributed by atoms with van der Waals surface area (Å²) in [5.74, 6) is 0. The number of urea groups is 1.